The molecular weight excluding hydrogens is 432 g/mol. The van der Waals surface area contributed by atoms with Gasteiger partial charge in [0.15, 0.2) is 35.2 Å². The van der Waals surface area contributed by atoms with E-state index in [2.05, 4.69) is 15.4 Å². The Bertz CT molecular complexity index is 1460. The highest BCUT2D eigenvalue weighted by Crippen LogP contribution is 2.28. The zero-order valence-electron chi connectivity index (χ0n) is 18.3. The Morgan fingerprint density at radius 2 is 1.74 bits per heavy atom. The molecule has 0 spiro atoms. The fraction of sp³-hybridized carbons (Fsp3) is 0.0769. The van der Waals surface area contributed by atoms with Crippen LogP contribution in [0.2, 0.25) is 0 Å². The van der Waals surface area contributed by atoms with Gasteiger partial charge in [0.1, 0.15) is 5.76 Å². The molecule has 5 rings (SSSR count). The van der Waals surface area contributed by atoms with Crippen LogP contribution in [-0.4, -0.2) is 26.5 Å². The third kappa shape index (κ3) is 4.42. The molecule has 5 aromatic rings. The van der Waals surface area contributed by atoms with Crippen molar-refractivity contribution in [2.24, 2.45) is 0 Å². The summed E-state index contributed by atoms with van der Waals surface area (Å²) in [5.41, 5.74) is 2.98. The van der Waals surface area contributed by atoms with Crippen molar-refractivity contribution in [2.45, 2.75) is 13.5 Å². The van der Waals surface area contributed by atoms with Gasteiger partial charge in [0.25, 0.3) is 5.91 Å². The number of hydrogen-bond acceptors (Lipinski definition) is 6. The Balaban J connectivity index is 1.32. The Hall–Kier alpha value is -4.72. The van der Waals surface area contributed by atoms with Gasteiger partial charge in [0.05, 0.1) is 6.54 Å². The fourth-order valence-electron chi connectivity index (χ4n) is 3.59. The van der Waals surface area contributed by atoms with Crippen LogP contribution in [0, 0.1) is 0 Å². The Labute approximate surface area is 194 Å². The van der Waals surface area contributed by atoms with E-state index in [9.17, 15) is 9.59 Å². The summed E-state index contributed by atoms with van der Waals surface area (Å²) < 4.78 is 12.7. The topological polar surface area (TPSA) is 103 Å². The van der Waals surface area contributed by atoms with Gasteiger partial charge in [-0.2, -0.15) is 5.10 Å². The summed E-state index contributed by atoms with van der Waals surface area (Å²) >= 11 is 0. The molecule has 1 amide bonds. The predicted octanol–water partition coefficient (Wildman–Crippen LogP) is 5.30. The van der Waals surface area contributed by atoms with E-state index in [4.69, 9.17) is 8.83 Å². The molecule has 1 N–H and O–H groups in total. The number of furan rings is 1. The molecule has 0 fully saturated rings. The van der Waals surface area contributed by atoms with E-state index in [0.29, 0.717) is 29.6 Å². The number of amides is 1. The molecule has 0 aliphatic rings. The minimum atomic E-state index is -0.434. The summed E-state index contributed by atoms with van der Waals surface area (Å²) in [6, 6.07) is 22.7. The summed E-state index contributed by atoms with van der Waals surface area (Å²) in [5.74, 6) is 1.04. The SMILES string of the molecule is CC(=O)c1ccc(Cn2ccc(NC(=O)c3ncoc3-c3cccc(-c4ccccc4)c3)n2)o1. The zero-order valence-corrected chi connectivity index (χ0v) is 18.3. The molecule has 8 nitrogen and oxygen atoms in total. The number of Topliss-reactive ketones (excluding diaryl/α,β-unsaturated/α-hetero) is 1. The van der Waals surface area contributed by atoms with Crippen molar-refractivity contribution in [3.8, 4) is 22.5 Å². The lowest BCUT2D eigenvalue weighted by Gasteiger charge is -2.05. The molecule has 0 bridgehead atoms. The lowest BCUT2D eigenvalue weighted by Crippen LogP contribution is -2.14. The van der Waals surface area contributed by atoms with Crippen molar-refractivity contribution in [1.29, 1.82) is 0 Å². The van der Waals surface area contributed by atoms with Crippen LogP contribution in [0.1, 0.15) is 33.7 Å². The number of hydrogen-bond donors (Lipinski definition) is 1. The monoisotopic (exact) mass is 452 g/mol. The molecule has 0 radical (unpaired) electrons. The van der Waals surface area contributed by atoms with Gasteiger partial charge in [-0.3, -0.25) is 14.3 Å². The summed E-state index contributed by atoms with van der Waals surface area (Å²) in [4.78, 5) is 28.4. The average Bonchev–Trinajstić information content (AvgIpc) is 3.61. The number of aromatic nitrogens is 3. The normalized spacial score (nSPS) is 10.9. The lowest BCUT2D eigenvalue weighted by atomic mass is 10.0. The second-order valence-electron chi connectivity index (χ2n) is 7.65. The van der Waals surface area contributed by atoms with E-state index in [1.807, 2.05) is 54.6 Å². The number of carbonyl (C=O) groups is 2. The third-order valence-corrected chi connectivity index (χ3v) is 5.22. The van der Waals surface area contributed by atoms with Crippen molar-refractivity contribution in [3.05, 3.63) is 103 Å². The first kappa shape index (κ1) is 21.1. The van der Waals surface area contributed by atoms with Gasteiger partial charge < -0.3 is 14.2 Å². The van der Waals surface area contributed by atoms with E-state index in [1.54, 1.807) is 29.1 Å². The van der Waals surface area contributed by atoms with Crippen molar-refractivity contribution in [1.82, 2.24) is 14.8 Å². The molecule has 0 aliphatic heterocycles. The molecule has 8 heteroatoms. The van der Waals surface area contributed by atoms with E-state index >= 15 is 0 Å². The molecule has 2 aromatic carbocycles. The highest BCUT2D eigenvalue weighted by atomic mass is 16.4. The van der Waals surface area contributed by atoms with E-state index in [0.717, 1.165) is 16.7 Å². The summed E-state index contributed by atoms with van der Waals surface area (Å²) in [7, 11) is 0. The standard InChI is InChI=1S/C26H20N4O4/c1-17(31)22-11-10-21(34-22)15-30-13-12-23(29-30)28-26(32)24-25(33-16-27-24)20-9-5-8-19(14-20)18-6-3-2-4-7-18/h2-14,16H,15H2,1H3,(H,28,29,32). The van der Waals surface area contributed by atoms with Crippen LogP contribution in [0.5, 0.6) is 0 Å². The first-order chi connectivity index (χ1) is 16.6. The molecule has 0 saturated heterocycles. The smallest absolute Gasteiger partial charge is 0.279 e. The quantitative estimate of drug-likeness (QED) is 0.336. The van der Waals surface area contributed by atoms with Crippen LogP contribution in [-0.2, 0) is 6.54 Å². The first-order valence-electron chi connectivity index (χ1n) is 10.6. The number of ketones is 1. The minimum Gasteiger partial charge on any atom is -0.456 e. The predicted molar refractivity (Wildman–Crippen MR) is 125 cm³/mol. The number of rotatable bonds is 7. The van der Waals surface area contributed by atoms with Crippen LogP contribution in [0.25, 0.3) is 22.5 Å². The Morgan fingerprint density at radius 3 is 2.53 bits per heavy atom. The highest BCUT2D eigenvalue weighted by Gasteiger charge is 2.20. The maximum absolute atomic E-state index is 12.9. The first-order valence-corrected chi connectivity index (χ1v) is 10.6. The van der Waals surface area contributed by atoms with Gasteiger partial charge in [-0.25, -0.2) is 4.98 Å². The molecule has 0 aliphatic carbocycles. The van der Waals surface area contributed by atoms with Crippen molar-refractivity contribution in [3.63, 3.8) is 0 Å². The fourth-order valence-corrected chi connectivity index (χ4v) is 3.59. The number of anilines is 1. The van der Waals surface area contributed by atoms with Crippen LogP contribution < -0.4 is 5.32 Å². The van der Waals surface area contributed by atoms with E-state index in [-0.39, 0.29) is 11.5 Å². The van der Waals surface area contributed by atoms with Gasteiger partial charge in [0, 0.05) is 24.8 Å². The summed E-state index contributed by atoms with van der Waals surface area (Å²) in [6.45, 7) is 1.77. The number of nitrogens with one attached hydrogen (secondary N) is 1. The van der Waals surface area contributed by atoms with Crippen LogP contribution in [0.3, 0.4) is 0 Å². The number of oxazole rings is 1. The van der Waals surface area contributed by atoms with E-state index in [1.165, 1.54) is 13.3 Å². The lowest BCUT2D eigenvalue weighted by molar-refractivity contribution is 0.0983. The zero-order chi connectivity index (χ0) is 23.5. The third-order valence-electron chi connectivity index (χ3n) is 5.22. The maximum atomic E-state index is 12.9. The Kier molecular flexibility index (Phi) is 5.61. The molecule has 0 unspecified atom stereocenters. The second-order valence-corrected chi connectivity index (χ2v) is 7.65. The van der Waals surface area contributed by atoms with Crippen LogP contribution in [0.15, 0.2) is 94.2 Å². The minimum absolute atomic E-state index is 0.141. The van der Waals surface area contributed by atoms with Crippen LogP contribution >= 0.6 is 0 Å². The van der Waals surface area contributed by atoms with Gasteiger partial charge in [-0.05, 0) is 29.3 Å². The number of nitrogens with zero attached hydrogens (tertiary/aromatic N) is 3. The Morgan fingerprint density at radius 1 is 0.941 bits per heavy atom. The van der Waals surface area contributed by atoms with Crippen molar-refractivity contribution < 1.29 is 18.4 Å². The van der Waals surface area contributed by atoms with Gasteiger partial charge in [0.2, 0.25) is 0 Å². The second kappa shape index (κ2) is 9.03. The summed E-state index contributed by atoms with van der Waals surface area (Å²) in [6.07, 6.45) is 2.96. The van der Waals surface area contributed by atoms with Crippen LogP contribution in [0.4, 0.5) is 5.82 Å². The van der Waals surface area contributed by atoms with Gasteiger partial charge in [-0.1, -0.05) is 48.5 Å². The molecule has 3 heterocycles. The molecule has 0 saturated carbocycles. The molecule has 3 aromatic heterocycles. The number of carbonyl (C=O) groups excluding carboxylic acids is 2. The van der Waals surface area contributed by atoms with Gasteiger partial charge in [-0.15, -0.1) is 0 Å². The van der Waals surface area contributed by atoms with E-state index < -0.39 is 5.91 Å². The van der Waals surface area contributed by atoms with Crippen molar-refractivity contribution >= 4 is 17.5 Å². The van der Waals surface area contributed by atoms with Crippen molar-refractivity contribution in [2.75, 3.05) is 5.32 Å². The maximum Gasteiger partial charge on any atom is 0.279 e. The number of benzene rings is 2. The molecule has 34 heavy (non-hydrogen) atoms. The molecule has 168 valence electrons. The largest absolute Gasteiger partial charge is 0.456 e. The molecule has 0 atom stereocenters. The summed E-state index contributed by atoms with van der Waals surface area (Å²) in [5, 5.41) is 7.10. The molecular formula is C26H20N4O4. The average molecular weight is 452 g/mol. The highest BCUT2D eigenvalue weighted by molar-refractivity contribution is 6.06. The van der Waals surface area contributed by atoms with Gasteiger partial charge >= 0.3 is 0 Å².